The molecule has 21 heavy (non-hydrogen) atoms. The fourth-order valence-corrected chi connectivity index (χ4v) is 2.16. The molecule has 1 aliphatic rings. The van der Waals surface area contributed by atoms with Gasteiger partial charge in [0.1, 0.15) is 11.3 Å². The van der Waals surface area contributed by atoms with Gasteiger partial charge < -0.3 is 14.6 Å². The van der Waals surface area contributed by atoms with Crippen LogP contribution in [0.25, 0.3) is 10.9 Å². The van der Waals surface area contributed by atoms with Crippen molar-refractivity contribution in [2.24, 2.45) is 0 Å². The number of aromatic nitrogens is 1. The van der Waals surface area contributed by atoms with Gasteiger partial charge in [-0.2, -0.15) is 0 Å². The maximum Gasteiger partial charge on any atom is 0.348 e. The van der Waals surface area contributed by atoms with Crippen LogP contribution in [0.2, 0.25) is 0 Å². The van der Waals surface area contributed by atoms with E-state index >= 15 is 0 Å². The van der Waals surface area contributed by atoms with Gasteiger partial charge in [-0.25, -0.2) is 9.59 Å². The standard InChI is InChI=1S/C15H13NO5/c1-20-13(17)10-7-9-3-2-6-16-12(9)11(8-10)21-15(4-5-15)14(18)19/h2-3,6-8H,4-5H2,1H3,(H,18,19). The summed E-state index contributed by atoms with van der Waals surface area (Å²) in [5.74, 6) is -1.23. The van der Waals surface area contributed by atoms with E-state index in [1.165, 1.54) is 13.2 Å². The monoisotopic (exact) mass is 287 g/mol. The number of hydrogen-bond acceptors (Lipinski definition) is 5. The van der Waals surface area contributed by atoms with Crippen LogP contribution in [0.3, 0.4) is 0 Å². The van der Waals surface area contributed by atoms with E-state index in [1.807, 2.05) is 0 Å². The van der Waals surface area contributed by atoms with Crippen molar-refractivity contribution in [3.63, 3.8) is 0 Å². The smallest absolute Gasteiger partial charge is 0.348 e. The molecule has 1 fully saturated rings. The summed E-state index contributed by atoms with van der Waals surface area (Å²) in [6.45, 7) is 0. The lowest BCUT2D eigenvalue weighted by atomic mass is 10.1. The molecule has 0 atom stereocenters. The third-order valence-corrected chi connectivity index (χ3v) is 3.49. The van der Waals surface area contributed by atoms with E-state index in [2.05, 4.69) is 4.98 Å². The molecular weight excluding hydrogens is 274 g/mol. The van der Waals surface area contributed by atoms with Gasteiger partial charge in [0.25, 0.3) is 0 Å². The molecule has 6 nitrogen and oxygen atoms in total. The van der Waals surface area contributed by atoms with Crippen LogP contribution in [0.15, 0.2) is 30.5 Å². The Kier molecular flexibility index (Phi) is 3.01. The Morgan fingerprint density at radius 3 is 2.71 bits per heavy atom. The second-order valence-electron chi connectivity index (χ2n) is 4.94. The number of pyridine rings is 1. The fraction of sp³-hybridized carbons (Fsp3) is 0.267. The number of rotatable bonds is 4. The largest absolute Gasteiger partial charge is 0.478 e. The van der Waals surface area contributed by atoms with Gasteiger partial charge in [-0.3, -0.25) is 4.98 Å². The predicted molar refractivity (Wildman–Crippen MR) is 73.3 cm³/mol. The van der Waals surface area contributed by atoms with E-state index in [0.717, 1.165) is 0 Å². The van der Waals surface area contributed by atoms with E-state index in [1.54, 1.807) is 24.4 Å². The van der Waals surface area contributed by atoms with Crippen LogP contribution in [0.5, 0.6) is 5.75 Å². The van der Waals surface area contributed by atoms with Crippen LogP contribution >= 0.6 is 0 Å². The van der Waals surface area contributed by atoms with Gasteiger partial charge in [-0.05, 0) is 18.2 Å². The second-order valence-corrected chi connectivity index (χ2v) is 4.94. The number of carboxylic acid groups (broad SMARTS) is 1. The number of aliphatic carboxylic acids is 1. The summed E-state index contributed by atoms with van der Waals surface area (Å²) in [5, 5.41) is 9.92. The zero-order valence-electron chi connectivity index (χ0n) is 11.3. The van der Waals surface area contributed by atoms with Crippen molar-refractivity contribution >= 4 is 22.8 Å². The van der Waals surface area contributed by atoms with Crippen molar-refractivity contribution in [3.8, 4) is 5.75 Å². The number of carboxylic acids is 1. The number of nitrogens with zero attached hydrogens (tertiary/aromatic N) is 1. The lowest BCUT2D eigenvalue weighted by Crippen LogP contribution is -2.29. The molecule has 0 bridgehead atoms. The van der Waals surface area contributed by atoms with E-state index in [0.29, 0.717) is 29.3 Å². The molecule has 1 heterocycles. The minimum atomic E-state index is -1.20. The van der Waals surface area contributed by atoms with Crippen LogP contribution in [0.4, 0.5) is 0 Å². The molecule has 0 amide bonds. The summed E-state index contributed by atoms with van der Waals surface area (Å²) in [5.41, 5.74) is -0.369. The summed E-state index contributed by atoms with van der Waals surface area (Å²) >= 11 is 0. The number of methoxy groups -OCH3 is 1. The minimum absolute atomic E-state index is 0.286. The number of fused-ring (bicyclic) bond motifs is 1. The number of ether oxygens (including phenoxy) is 2. The molecule has 1 N–H and O–H groups in total. The minimum Gasteiger partial charge on any atom is -0.478 e. The first-order chi connectivity index (χ1) is 10.1. The first-order valence-electron chi connectivity index (χ1n) is 6.45. The van der Waals surface area contributed by atoms with Gasteiger partial charge in [-0.15, -0.1) is 0 Å². The van der Waals surface area contributed by atoms with Crippen LogP contribution in [0, 0.1) is 0 Å². The molecular formula is C15H13NO5. The number of esters is 1. The summed E-state index contributed by atoms with van der Waals surface area (Å²) in [6, 6.07) is 6.63. The third-order valence-electron chi connectivity index (χ3n) is 3.49. The third kappa shape index (κ3) is 2.29. The molecule has 108 valence electrons. The highest BCUT2D eigenvalue weighted by Gasteiger charge is 2.53. The molecule has 2 aromatic rings. The molecule has 0 aliphatic heterocycles. The van der Waals surface area contributed by atoms with Crippen LogP contribution < -0.4 is 4.74 Å². The Morgan fingerprint density at radius 1 is 1.33 bits per heavy atom. The number of hydrogen-bond donors (Lipinski definition) is 1. The van der Waals surface area contributed by atoms with Gasteiger partial charge in [0.05, 0.1) is 12.7 Å². The summed E-state index contributed by atoms with van der Waals surface area (Å²) < 4.78 is 10.4. The van der Waals surface area contributed by atoms with Crippen molar-refractivity contribution in [3.05, 3.63) is 36.0 Å². The van der Waals surface area contributed by atoms with E-state index < -0.39 is 17.5 Å². The maximum absolute atomic E-state index is 11.7. The highest BCUT2D eigenvalue weighted by Crippen LogP contribution is 2.42. The van der Waals surface area contributed by atoms with E-state index in [4.69, 9.17) is 9.47 Å². The zero-order valence-corrected chi connectivity index (χ0v) is 11.3. The number of carbonyl (C=O) groups is 2. The van der Waals surface area contributed by atoms with Gasteiger partial charge in [-0.1, -0.05) is 6.07 Å². The highest BCUT2D eigenvalue weighted by molar-refractivity contribution is 5.97. The SMILES string of the molecule is COC(=O)c1cc(OC2(C(=O)O)CC2)c2ncccc2c1. The lowest BCUT2D eigenvalue weighted by molar-refractivity contribution is -0.147. The van der Waals surface area contributed by atoms with Crippen molar-refractivity contribution in [1.82, 2.24) is 4.98 Å². The molecule has 0 radical (unpaired) electrons. The normalized spacial score (nSPS) is 15.5. The van der Waals surface area contributed by atoms with Gasteiger partial charge in [0.15, 0.2) is 0 Å². The Labute approximate surface area is 120 Å². The van der Waals surface area contributed by atoms with Crippen molar-refractivity contribution in [2.45, 2.75) is 18.4 Å². The summed E-state index contributed by atoms with van der Waals surface area (Å²) in [6.07, 6.45) is 2.48. The first kappa shape index (κ1) is 13.4. The molecule has 1 aliphatic carbocycles. The molecule has 1 aromatic heterocycles. The van der Waals surface area contributed by atoms with Crippen LogP contribution in [0.1, 0.15) is 23.2 Å². The summed E-state index contributed by atoms with van der Waals surface area (Å²) in [7, 11) is 1.29. The Morgan fingerprint density at radius 2 is 2.10 bits per heavy atom. The Hall–Kier alpha value is -2.63. The topological polar surface area (TPSA) is 85.7 Å². The van der Waals surface area contributed by atoms with Crippen LogP contribution in [-0.2, 0) is 9.53 Å². The number of benzene rings is 1. The molecule has 0 saturated heterocycles. The van der Waals surface area contributed by atoms with E-state index in [-0.39, 0.29) is 5.75 Å². The molecule has 3 rings (SSSR count). The Balaban J connectivity index is 2.11. The highest BCUT2D eigenvalue weighted by atomic mass is 16.5. The quantitative estimate of drug-likeness (QED) is 0.866. The van der Waals surface area contributed by atoms with Crippen molar-refractivity contribution in [1.29, 1.82) is 0 Å². The molecule has 0 unspecified atom stereocenters. The second kappa shape index (κ2) is 4.73. The lowest BCUT2D eigenvalue weighted by Gasteiger charge is -2.15. The van der Waals surface area contributed by atoms with Gasteiger partial charge in [0, 0.05) is 24.4 Å². The van der Waals surface area contributed by atoms with E-state index in [9.17, 15) is 14.7 Å². The fourth-order valence-electron chi connectivity index (χ4n) is 2.16. The molecule has 1 aromatic carbocycles. The molecule has 6 heteroatoms. The van der Waals surface area contributed by atoms with Crippen molar-refractivity contribution < 1.29 is 24.2 Å². The first-order valence-corrected chi connectivity index (χ1v) is 6.45. The zero-order chi connectivity index (χ0) is 15.0. The predicted octanol–water partition coefficient (Wildman–Crippen LogP) is 2.02. The average molecular weight is 287 g/mol. The summed E-state index contributed by atoms with van der Waals surface area (Å²) in [4.78, 5) is 27.2. The maximum atomic E-state index is 11.7. The van der Waals surface area contributed by atoms with Gasteiger partial charge >= 0.3 is 11.9 Å². The van der Waals surface area contributed by atoms with Crippen LogP contribution in [-0.4, -0.2) is 34.7 Å². The van der Waals surface area contributed by atoms with Gasteiger partial charge in [0.2, 0.25) is 5.60 Å². The Bertz CT molecular complexity index is 736. The molecule has 0 spiro atoms. The number of carbonyl (C=O) groups excluding carboxylic acids is 1. The molecule has 1 saturated carbocycles. The van der Waals surface area contributed by atoms with Crippen molar-refractivity contribution in [2.75, 3.05) is 7.11 Å². The average Bonchev–Trinajstić information content (AvgIpc) is 3.27.